The zero-order valence-corrected chi connectivity index (χ0v) is 62.4. The van der Waals surface area contributed by atoms with Crippen LogP contribution < -0.4 is 10.4 Å². The van der Waals surface area contributed by atoms with Gasteiger partial charge in [-0.25, -0.2) is 0 Å². The second-order valence-electron chi connectivity index (χ2n) is 29.2. The molecule has 6 rings (SSSR count). The monoisotopic (exact) mass is 1270 g/mol. The fraction of sp³-hybridized carbons (Fsp3) is 0.703. The van der Waals surface area contributed by atoms with Crippen LogP contribution in [0.1, 0.15) is 194 Å². The van der Waals surface area contributed by atoms with E-state index in [1.54, 1.807) is 0 Å². The van der Waals surface area contributed by atoms with Gasteiger partial charge in [0.25, 0.3) is 8.32 Å². The summed E-state index contributed by atoms with van der Waals surface area (Å²) in [6.07, 6.45) is 14.3. The maximum atomic E-state index is 7.97. The fourth-order valence-electron chi connectivity index (χ4n) is 14.4. The van der Waals surface area contributed by atoms with Crippen LogP contribution in [0.15, 0.2) is 115 Å². The number of hydrogen-bond acceptors (Lipinski definition) is 9. The van der Waals surface area contributed by atoms with Crippen molar-refractivity contribution in [3.63, 3.8) is 0 Å². The minimum Gasteiger partial charge on any atom is -0.492 e. The summed E-state index contributed by atoms with van der Waals surface area (Å²) in [5.74, 6) is 1.20. The summed E-state index contributed by atoms with van der Waals surface area (Å²) in [7, 11) is -9.40. The number of rotatable bonds is 32. The molecule has 3 saturated heterocycles. The number of ether oxygens (including phenoxy) is 5. The first-order chi connectivity index (χ1) is 41.3. The van der Waals surface area contributed by atoms with Gasteiger partial charge in [-0.15, -0.1) is 0 Å². The SMILES string of the molecule is C/C=C/CC[C@@H]1O[C@H](CCCOCc2ccccc2)[C@@](C)(O[Si](C)(C)C(C)(C)C)CC[C@H]1O/C(=C/C)C[C@H]1O[C@H]2C[C@H](C)[C@H](CCCO[Si](c3ccccc3)(c3ccccc3)C(C)(C)C)O[C@]2(C)C[C@H](O[Si](CC)(CC)CC)[C@@H]1O[Si](CC)(CC)CC. The lowest BCUT2D eigenvalue weighted by Crippen LogP contribution is -2.66. The average Bonchev–Trinajstić information content (AvgIpc) is 1.89. The molecule has 490 valence electrons. The van der Waals surface area contributed by atoms with Crippen LogP contribution in [0.5, 0.6) is 0 Å². The zero-order chi connectivity index (χ0) is 63.7. The molecule has 0 radical (unpaired) electrons. The Kier molecular flexibility index (Phi) is 27.8. The van der Waals surface area contributed by atoms with Gasteiger partial charge in [0, 0.05) is 26.1 Å². The molecule has 0 bridgehead atoms. The third kappa shape index (κ3) is 18.6. The first-order valence-corrected chi connectivity index (χ1v) is 44.5. The molecule has 11 atom stereocenters. The Morgan fingerprint density at radius 1 is 0.655 bits per heavy atom. The van der Waals surface area contributed by atoms with Crippen molar-refractivity contribution in [3.8, 4) is 0 Å². The summed E-state index contributed by atoms with van der Waals surface area (Å²) >= 11 is 0. The van der Waals surface area contributed by atoms with E-state index >= 15 is 0 Å². The Balaban J connectivity index is 1.33. The molecule has 0 aliphatic carbocycles. The third-order valence-electron chi connectivity index (χ3n) is 21.4. The van der Waals surface area contributed by atoms with Crippen LogP contribution in [-0.2, 0) is 48.0 Å². The zero-order valence-electron chi connectivity index (χ0n) is 58.4. The number of hydrogen-bond donors (Lipinski definition) is 0. The van der Waals surface area contributed by atoms with Crippen LogP contribution in [0.3, 0.4) is 0 Å². The molecule has 3 aliphatic rings. The van der Waals surface area contributed by atoms with Gasteiger partial charge in [-0.05, 0) is 173 Å². The van der Waals surface area contributed by atoms with E-state index in [0.29, 0.717) is 26.2 Å². The lowest BCUT2D eigenvalue weighted by atomic mass is 9.80. The van der Waals surface area contributed by atoms with Crippen LogP contribution >= 0.6 is 0 Å². The van der Waals surface area contributed by atoms with Crippen LogP contribution in [0.25, 0.3) is 0 Å². The molecule has 0 spiro atoms. The largest absolute Gasteiger partial charge is 0.492 e. The van der Waals surface area contributed by atoms with Gasteiger partial charge in [-0.1, -0.05) is 193 Å². The minimum absolute atomic E-state index is 0.0327. The number of fused-ring (bicyclic) bond motifs is 1. The molecule has 3 heterocycles. The molecule has 3 fully saturated rings. The van der Waals surface area contributed by atoms with Gasteiger partial charge in [-0.2, -0.15) is 0 Å². The maximum absolute atomic E-state index is 7.97. The molecular formula is C74H124O9Si4. The summed E-state index contributed by atoms with van der Waals surface area (Å²) in [6.45, 7) is 46.3. The van der Waals surface area contributed by atoms with Crippen molar-refractivity contribution >= 4 is 43.6 Å². The highest BCUT2D eigenvalue weighted by molar-refractivity contribution is 6.99. The van der Waals surface area contributed by atoms with Crippen molar-refractivity contribution in [3.05, 3.63) is 121 Å². The maximum Gasteiger partial charge on any atom is 0.261 e. The molecule has 0 amide bonds. The van der Waals surface area contributed by atoms with E-state index in [4.69, 9.17) is 41.4 Å². The van der Waals surface area contributed by atoms with Crippen molar-refractivity contribution in [2.45, 2.75) is 314 Å². The predicted molar refractivity (Wildman–Crippen MR) is 374 cm³/mol. The van der Waals surface area contributed by atoms with Gasteiger partial charge in [0.1, 0.15) is 6.10 Å². The van der Waals surface area contributed by atoms with Crippen molar-refractivity contribution in [1.29, 1.82) is 0 Å². The topological polar surface area (TPSA) is 83.1 Å². The molecule has 9 nitrogen and oxygen atoms in total. The van der Waals surface area contributed by atoms with Gasteiger partial charge >= 0.3 is 0 Å². The summed E-state index contributed by atoms with van der Waals surface area (Å²) in [5.41, 5.74) is 0.0713. The van der Waals surface area contributed by atoms with Crippen molar-refractivity contribution < 1.29 is 41.4 Å². The van der Waals surface area contributed by atoms with Gasteiger partial charge < -0.3 is 41.4 Å². The van der Waals surface area contributed by atoms with Crippen molar-refractivity contribution in [2.24, 2.45) is 5.92 Å². The van der Waals surface area contributed by atoms with E-state index in [0.717, 1.165) is 106 Å². The standard InChI is InChI=1S/C74H124O9Si4/c1-20-28-32-47-64-65(50-51-73(16,83-84(18,19)71(10,11)12)68(78-64)49-40-52-75-57-59-41-33-29-34-42-59)77-60(21-2)55-66-70(82-86(25-6,26-7)27-8)67(81-85(22-3,23-4)24-5)56-74(17)69(79-66)54-58(9)63(80-74)48-39-53-76-87(72(13,14)15,61-43-35-30-36-44-61)62-45-37-31-38-46-62/h20-21,28-31,33-38,41-46,58,63-70H,22-27,32,39-40,47-57H2,1-19H3/b28-20+,60-21+/t58-,63-,64-,65+,66+,67-,68+,69-,70+,73-,74+/m0/s1. The van der Waals surface area contributed by atoms with E-state index < -0.39 is 44.5 Å². The van der Waals surface area contributed by atoms with Crippen LogP contribution in [0, 0.1) is 5.92 Å². The normalized spacial score (nSPS) is 27.4. The van der Waals surface area contributed by atoms with Gasteiger partial charge in [-0.3, -0.25) is 0 Å². The van der Waals surface area contributed by atoms with Gasteiger partial charge in [0.2, 0.25) is 0 Å². The summed E-state index contributed by atoms with van der Waals surface area (Å²) in [5, 5.41) is 2.57. The second-order valence-corrected chi connectivity index (χ2v) is 47.7. The Bertz CT molecular complexity index is 2450. The minimum atomic E-state index is -2.70. The summed E-state index contributed by atoms with van der Waals surface area (Å²) in [4.78, 5) is 0. The van der Waals surface area contributed by atoms with Crippen LogP contribution in [0.4, 0.5) is 0 Å². The molecule has 3 aliphatic heterocycles. The molecule has 87 heavy (non-hydrogen) atoms. The number of benzene rings is 3. The van der Waals surface area contributed by atoms with Crippen molar-refractivity contribution in [1.82, 2.24) is 0 Å². The van der Waals surface area contributed by atoms with E-state index in [2.05, 4.69) is 240 Å². The lowest BCUT2D eigenvalue weighted by Gasteiger charge is -2.48. The van der Waals surface area contributed by atoms with Gasteiger partial charge in [0.05, 0.1) is 66.3 Å². The van der Waals surface area contributed by atoms with Crippen LogP contribution in [0.2, 0.25) is 59.4 Å². The predicted octanol–water partition coefficient (Wildman–Crippen LogP) is 18.8. The molecular weight excluding hydrogens is 1150 g/mol. The summed E-state index contributed by atoms with van der Waals surface area (Å²) < 4.78 is 68.0. The first-order valence-electron chi connectivity index (χ1n) is 34.6. The van der Waals surface area contributed by atoms with E-state index in [9.17, 15) is 0 Å². The highest BCUT2D eigenvalue weighted by Gasteiger charge is 2.56. The highest BCUT2D eigenvalue weighted by atomic mass is 28.4. The van der Waals surface area contributed by atoms with Crippen LogP contribution in [-0.4, -0.2) is 107 Å². The Morgan fingerprint density at radius 3 is 1.76 bits per heavy atom. The van der Waals surface area contributed by atoms with E-state index in [1.165, 1.54) is 15.9 Å². The Hall–Kier alpha value is -2.51. The number of allylic oxidation sites excluding steroid dienone is 3. The van der Waals surface area contributed by atoms with Crippen molar-refractivity contribution in [2.75, 3.05) is 13.2 Å². The average molecular weight is 1270 g/mol. The molecule has 0 aromatic heterocycles. The molecule has 13 heteroatoms. The van der Waals surface area contributed by atoms with E-state index in [1.807, 2.05) is 0 Å². The van der Waals surface area contributed by atoms with E-state index in [-0.39, 0.29) is 64.8 Å². The summed E-state index contributed by atoms with van der Waals surface area (Å²) in [6, 6.07) is 38.8. The third-order valence-corrected chi connectivity index (χ3v) is 40.4. The fourth-order valence-corrected chi connectivity index (χ4v) is 26.4. The Morgan fingerprint density at radius 2 is 1.22 bits per heavy atom. The first kappa shape index (κ1) is 73.5. The molecule has 0 N–H and O–H groups in total. The molecule has 0 saturated carbocycles. The Labute approximate surface area is 536 Å². The molecule has 3 aromatic carbocycles. The smallest absolute Gasteiger partial charge is 0.261 e. The van der Waals surface area contributed by atoms with Gasteiger partial charge in [0.15, 0.2) is 25.0 Å². The molecule has 3 aromatic rings. The lowest BCUT2D eigenvalue weighted by molar-refractivity contribution is -0.225. The quantitative estimate of drug-likeness (QED) is 0.0263. The highest BCUT2D eigenvalue weighted by Crippen LogP contribution is 2.49. The second kappa shape index (κ2) is 32.9. The molecule has 0 unspecified atom stereocenters.